The summed E-state index contributed by atoms with van der Waals surface area (Å²) < 4.78 is 10.5. The number of carboxylic acids is 1. The summed E-state index contributed by atoms with van der Waals surface area (Å²) in [7, 11) is 0. The first-order valence-electron chi connectivity index (χ1n) is 9.27. The number of carbonyl (C=O) groups is 2. The summed E-state index contributed by atoms with van der Waals surface area (Å²) in [5.41, 5.74) is -0.691. The van der Waals surface area contributed by atoms with Crippen molar-refractivity contribution in [3.8, 4) is 0 Å². The van der Waals surface area contributed by atoms with E-state index in [0.717, 1.165) is 0 Å². The topological polar surface area (TPSA) is 171 Å². The van der Waals surface area contributed by atoms with Gasteiger partial charge in [0, 0.05) is 18.4 Å². The molecule has 10 nitrogen and oxygen atoms in total. The van der Waals surface area contributed by atoms with Gasteiger partial charge in [0.25, 0.3) is 0 Å². The van der Waals surface area contributed by atoms with E-state index in [1.54, 1.807) is 6.92 Å². The molecule has 11 heteroatoms. The number of rotatable bonds is 5. The normalized spacial score (nSPS) is 36.1. The Balaban J connectivity index is 1.58. The fraction of sp³-hybridized carbons (Fsp3) is 0.526. The smallest absolute Gasteiger partial charge is 0.310 e. The maximum Gasteiger partial charge on any atom is 0.310 e. The van der Waals surface area contributed by atoms with Crippen LogP contribution in [0.1, 0.15) is 29.1 Å². The number of ketones is 1. The van der Waals surface area contributed by atoms with E-state index < -0.39 is 53.8 Å². The van der Waals surface area contributed by atoms with Crippen molar-refractivity contribution in [2.24, 2.45) is 11.3 Å². The van der Waals surface area contributed by atoms with E-state index in [1.807, 2.05) is 0 Å². The molecule has 1 saturated carbocycles. The summed E-state index contributed by atoms with van der Waals surface area (Å²) in [5.74, 6) is -2.30. The lowest BCUT2D eigenvalue weighted by Gasteiger charge is -2.39. The van der Waals surface area contributed by atoms with Gasteiger partial charge in [-0.05, 0) is 25.0 Å². The SMILES string of the molecule is Cc1nc2c(Cl)cc(C(=O)[C@H]3C[C@@]3(CC3O[C@H](O)[C@H](O)[C@@H](O)[C@H]3O)C(=O)O)cc2o1. The lowest BCUT2D eigenvalue weighted by molar-refractivity contribution is -0.284. The first kappa shape index (κ1) is 21.2. The Labute approximate surface area is 174 Å². The zero-order valence-corrected chi connectivity index (χ0v) is 16.5. The van der Waals surface area contributed by atoms with Gasteiger partial charge >= 0.3 is 5.97 Å². The molecule has 7 atom stereocenters. The fourth-order valence-electron chi connectivity index (χ4n) is 4.10. The number of aryl methyl sites for hydroxylation is 1. The van der Waals surface area contributed by atoms with Crippen molar-refractivity contribution in [2.45, 2.75) is 50.5 Å². The molecular formula is C19H20ClNO9. The van der Waals surface area contributed by atoms with Gasteiger partial charge in [0.15, 0.2) is 23.5 Å². The van der Waals surface area contributed by atoms with Crippen LogP contribution >= 0.6 is 11.6 Å². The van der Waals surface area contributed by atoms with E-state index in [1.165, 1.54) is 12.1 Å². The van der Waals surface area contributed by atoms with E-state index >= 15 is 0 Å². The lowest BCUT2D eigenvalue weighted by Crippen LogP contribution is -2.58. The van der Waals surface area contributed by atoms with E-state index in [0.29, 0.717) is 17.0 Å². The lowest BCUT2D eigenvalue weighted by atomic mass is 9.87. The van der Waals surface area contributed by atoms with Gasteiger partial charge in [-0.25, -0.2) is 4.98 Å². The number of aromatic nitrogens is 1. The van der Waals surface area contributed by atoms with Crippen LogP contribution in [0, 0.1) is 18.3 Å². The number of benzene rings is 1. The van der Waals surface area contributed by atoms with Crippen LogP contribution in [0.3, 0.4) is 0 Å². The summed E-state index contributed by atoms with van der Waals surface area (Å²) in [6.07, 6.45) is -8.50. The van der Waals surface area contributed by atoms with E-state index in [2.05, 4.69) is 4.98 Å². The number of aliphatic hydroxyl groups excluding tert-OH is 4. The first-order chi connectivity index (χ1) is 14.0. The molecule has 162 valence electrons. The third kappa shape index (κ3) is 3.29. The van der Waals surface area contributed by atoms with Gasteiger partial charge in [-0.1, -0.05) is 11.6 Å². The van der Waals surface area contributed by atoms with Crippen molar-refractivity contribution < 1.29 is 44.3 Å². The molecule has 0 bridgehead atoms. The molecule has 2 aromatic rings. The van der Waals surface area contributed by atoms with Crippen LogP contribution in [-0.2, 0) is 9.53 Å². The first-order valence-corrected chi connectivity index (χ1v) is 9.65. The third-order valence-electron chi connectivity index (χ3n) is 5.91. The minimum absolute atomic E-state index is 0.0203. The molecule has 1 saturated heterocycles. The fourth-order valence-corrected chi connectivity index (χ4v) is 4.35. The predicted molar refractivity (Wildman–Crippen MR) is 99.8 cm³/mol. The molecule has 0 spiro atoms. The van der Waals surface area contributed by atoms with E-state index in [4.69, 9.17) is 20.8 Å². The molecule has 30 heavy (non-hydrogen) atoms. The second kappa shape index (κ2) is 7.26. The number of Topliss-reactive ketones (excluding diaryl/α,β-unsaturated/α-hetero) is 1. The Morgan fingerprint density at radius 1 is 1.20 bits per heavy atom. The van der Waals surface area contributed by atoms with E-state index in [9.17, 15) is 35.1 Å². The highest BCUT2D eigenvalue weighted by atomic mass is 35.5. The molecule has 1 aliphatic carbocycles. The minimum atomic E-state index is -1.79. The summed E-state index contributed by atoms with van der Waals surface area (Å²) in [6.45, 7) is 1.63. The Kier molecular flexibility index (Phi) is 5.12. The summed E-state index contributed by atoms with van der Waals surface area (Å²) in [6, 6.07) is 2.85. The molecular weight excluding hydrogens is 422 g/mol. The van der Waals surface area contributed by atoms with Gasteiger partial charge in [0.1, 0.15) is 23.8 Å². The molecule has 0 amide bonds. The zero-order valence-electron chi connectivity index (χ0n) is 15.7. The maximum atomic E-state index is 13.0. The van der Waals surface area contributed by atoms with Gasteiger partial charge in [0.05, 0.1) is 16.5 Å². The van der Waals surface area contributed by atoms with Crippen LogP contribution in [0.4, 0.5) is 0 Å². The summed E-state index contributed by atoms with van der Waals surface area (Å²) >= 11 is 6.18. The number of hydrogen-bond acceptors (Lipinski definition) is 9. The van der Waals surface area contributed by atoms with Crippen LogP contribution in [0.5, 0.6) is 0 Å². The zero-order chi connectivity index (χ0) is 22.0. The standard InChI is InChI=1S/C19H20ClNO9/c1-6-21-12-9(20)2-7(3-10(12)29-6)13(22)8-4-19(8,18(27)28)5-11-14(23)15(24)16(25)17(26)30-11/h2-3,8,11,14-17,23-26H,4-5H2,1H3,(H,27,28)/t8-,11?,14+,15+,16-,17+,19+/m1/s1. The third-order valence-corrected chi connectivity index (χ3v) is 6.20. The second-order valence-corrected chi connectivity index (χ2v) is 8.27. The summed E-state index contributed by atoms with van der Waals surface area (Å²) in [4.78, 5) is 29.1. The largest absolute Gasteiger partial charge is 0.481 e. The molecule has 0 radical (unpaired) electrons. The Bertz CT molecular complexity index is 1020. The van der Waals surface area contributed by atoms with Gasteiger partial charge in [-0.3, -0.25) is 9.59 Å². The molecule has 2 fully saturated rings. The molecule has 2 heterocycles. The van der Waals surface area contributed by atoms with Crippen LogP contribution in [0.15, 0.2) is 16.5 Å². The van der Waals surface area contributed by atoms with E-state index in [-0.39, 0.29) is 23.4 Å². The Morgan fingerprint density at radius 3 is 2.57 bits per heavy atom. The second-order valence-electron chi connectivity index (χ2n) is 7.86. The number of fused-ring (bicyclic) bond motifs is 1. The van der Waals surface area contributed by atoms with Gasteiger partial charge in [-0.2, -0.15) is 0 Å². The number of oxazole rings is 1. The summed E-state index contributed by atoms with van der Waals surface area (Å²) in [5, 5.41) is 49.2. The minimum Gasteiger partial charge on any atom is -0.481 e. The van der Waals surface area contributed by atoms with Crippen LogP contribution in [0.2, 0.25) is 5.02 Å². The van der Waals surface area contributed by atoms with Crippen LogP contribution in [0.25, 0.3) is 11.1 Å². The molecule has 1 aliphatic heterocycles. The number of ether oxygens (including phenoxy) is 1. The van der Waals surface area contributed by atoms with Crippen molar-refractivity contribution in [2.75, 3.05) is 0 Å². The van der Waals surface area contributed by atoms with Crippen LogP contribution < -0.4 is 0 Å². The number of hydrogen-bond donors (Lipinski definition) is 5. The quantitative estimate of drug-likeness (QED) is 0.405. The highest BCUT2D eigenvalue weighted by Crippen LogP contribution is 2.58. The number of halogens is 1. The van der Waals surface area contributed by atoms with Crippen molar-refractivity contribution >= 4 is 34.5 Å². The van der Waals surface area contributed by atoms with Crippen molar-refractivity contribution in [1.82, 2.24) is 4.98 Å². The monoisotopic (exact) mass is 441 g/mol. The van der Waals surface area contributed by atoms with Gasteiger partial charge in [-0.15, -0.1) is 0 Å². The highest BCUT2D eigenvalue weighted by molar-refractivity contribution is 6.35. The van der Waals surface area contributed by atoms with Crippen LogP contribution in [-0.4, -0.2) is 73.0 Å². The number of carboxylic acid groups (broad SMARTS) is 1. The molecule has 1 unspecified atom stereocenters. The molecule has 4 rings (SSSR count). The molecule has 1 aromatic carbocycles. The molecule has 2 aliphatic rings. The highest BCUT2D eigenvalue weighted by Gasteiger charge is 2.65. The van der Waals surface area contributed by atoms with Crippen molar-refractivity contribution in [1.29, 1.82) is 0 Å². The number of aliphatic hydroxyl groups is 4. The molecule has 1 aromatic heterocycles. The average Bonchev–Trinajstić information content (AvgIpc) is 3.29. The average molecular weight is 442 g/mol. The number of carbonyl (C=O) groups excluding carboxylic acids is 1. The van der Waals surface area contributed by atoms with Crippen molar-refractivity contribution in [3.63, 3.8) is 0 Å². The van der Waals surface area contributed by atoms with Crippen molar-refractivity contribution in [3.05, 3.63) is 28.6 Å². The Morgan fingerprint density at radius 2 is 1.90 bits per heavy atom. The number of nitrogens with zero attached hydrogens (tertiary/aromatic N) is 1. The van der Waals surface area contributed by atoms with Gasteiger partial charge < -0.3 is 34.7 Å². The Hall–Kier alpha value is -2.08. The molecule has 5 N–H and O–H groups in total. The van der Waals surface area contributed by atoms with Gasteiger partial charge in [0.2, 0.25) is 0 Å². The predicted octanol–water partition coefficient (Wildman–Crippen LogP) is 0.253. The maximum absolute atomic E-state index is 13.0. The number of aliphatic carboxylic acids is 1.